The first-order valence-corrected chi connectivity index (χ1v) is 11.2. The number of rotatable bonds is 9. The Kier molecular flexibility index (Phi) is 7.00. The SMILES string of the molecule is N#Cc1c(O)c2c(-c3ccc(/C=N/OCC(=O)NCCCn4ccnc4)cc3)csc2[nH]c1=O. The molecular formula is C23H20N6O4S. The predicted molar refractivity (Wildman–Crippen MR) is 128 cm³/mol. The third-order valence-corrected chi connectivity index (χ3v) is 5.89. The molecule has 0 fully saturated rings. The maximum atomic E-state index is 11.9. The number of carbonyl (C=O) groups is 1. The molecule has 0 saturated heterocycles. The first-order valence-electron chi connectivity index (χ1n) is 10.3. The van der Waals surface area contributed by atoms with E-state index in [1.165, 1.54) is 17.6 Å². The average molecular weight is 477 g/mol. The molecule has 0 aliphatic carbocycles. The van der Waals surface area contributed by atoms with E-state index >= 15 is 0 Å². The largest absolute Gasteiger partial charge is 0.506 e. The normalized spacial score (nSPS) is 11.0. The summed E-state index contributed by atoms with van der Waals surface area (Å²) in [7, 11) is 0. The number of nitriles is 1. The number of nitrogens with zero attached hydrogens (tertiary/aromatic N) is 4. The summed E-state index contributed by atoms with van der Waals surface area (Å²) in [6.07, 6.45) is 7.57. The summed E-state index contributed by atoms with van der Waals surface area (Å²) in [5.41, 5.74) is 1.32. The first kappa shape index (κ1) is 22.8. The quantitative estimate of drug-likeness (QED) is 0.192. The predicted octanol–water partition coefficient (Wildman–Crippen LogP) is 2.59. The van der Waals surface area contributed by atoms with Crippen molar-refractivity contribution in [1.29, 1.82) is 5.26 Å². The third-order valence-electron chi connectivity index (χ3n) is 5.00. The summed E-state index contributed by atoms with van der Waals surface area (Å²) in [6.45, 7) is 1.12. The van der Waals surface area contributed by atoms with Gasteiger partial charge in [0.1, 0.15) is 16.6 Å². The van der Waals surface area contributed by atoms with Crippen molar-refractivity contribution in [2.24, 2.45) is 5.16 Å². The molecule has 0 spiro atoms. The summed E-state index contributed by atoms with van der Waals surface area (Å²) < 4.78 is 1.94. The van der Waals surface area contributed by atoms with Crippen LogP contribution in [0.25, 0.3) is 21.3 Å². The van der Waals surface area contributed by atoms with Gasteiger partial charge >= 0.3 is 0 Å². The van der Waals surface area contributed by atoms with Crippen LogP contribution in [0.4, 0.5) is 0 Å². The summed E-state index contributed by atoms with van der Waals surface area (Å²) in [5.74, 6) is -0.575. The molecule has 0 bridgehead atoms. The van der Waals surface area contributed by atoms with Gasteiger partial charge in [-0.15, -0.1) is 11.3 Å². The lowest BCUT2D eigenvalue weighted by Gasteiger charge is -2.05. The molecule has 3 aromatic heterocycles. The fourth-order valence-electron chi connectivity index (χ4n) is 3.30. The number of aromatic nitrogens is 3. The van der Waals surface area contributed by atoms with Crippen molar-refractivity contribution in [2.75, 3.05) is 13.2 Å². The molecule has 1 aromatic carbocycles. The van der Waals surface area contributed by atoms with Crippen LogP contribution >= 0.6 is 11.3 Å². The number of aryl methyl sites for hydroxylation is 1. The Morgan fingerprint density at radius 1 is 1.38 bits per heavy atom. The fraction of sp³-hybridized carbons (Fsp3) is 0.174. The number of fused-ring (bicyclic) bond motifs is 1. The Hall–Kier alpha value is -4.43. The fourth-order valence-corrected chi connectivity index (χ4v) is 4.27. The molecule has 0 radical (unpaired) electrons. The van der Waals surface area contributed by atoms with E-state index < -0.39 is 5.56 Å². The zero-order valence-corrected chi connectivity index (χ0v) is 18.7. The van der Waals surface area contributed by atoms with Crippen LogP contribution in [0.5, 0.6) is 5.75 Å². The Morgan fingerprint density at radius 2 is 2.21 bits per heavy atom. The highest BCUT2D eigenvalue weighted by Crippen LogP contribution is 2.38. The minimum atomic E-state index is -0.615. The van der Waals surface area contributed by atoms with Crippen molar-refractivity contribution in [1.82, 2.24) is 19.9 Å². The topological polar surface area (TPSA) is 145 Å². The van der Waals surface area contributed by atoms with Crippen molar-refractivity contribution < 1.29 is 14.7 Å². The first-order chi connectivity index (χ1) is 16.6. The Labute approximate surface area is 197 Å². The van der Waals surface area contributed by atoms with Gasteiger partial charge in [0, 0.05) is 36.4 Å². The number of hydrogen-bond donors (Lipinski definition) is 3. The van der Waals surface area contributed by atoms with Crippen LogP contribution in [0.3, 0.4) is 0 Å². The third kappa shape index (κ3) is 5.13. The molecule has 1 amide bonds. The minimum Gasteiger partial charge on any atom is -0.506 e. The van der Waals surface area contributed by atoms with E-state index in [0.717, 1.165) is 24.1 Å². The highest BCUT2D eigenvalue weighted by molar-refractivity contribution is 7.17. The van der Waals surface area contributed by atoms with E-state index in [1.807, 2.05) is 28.3 Å². The Bertz CT molecular complexity index is 1410. The lowest BCUT2D eigenvalue weighted by atomic mass is 10.0. The number of nitrogens with one attached hydrogen (secondary N) is 2. The zero-order valence-electron chi connectivity index (χ0n) is 17.9. The van der Waals surface area contributed by atoms with Gasteiger partial charge in [-0.2, -0.15) is 5.26 Å². The number of aromatic hydroxyl groups is 1. The highest BCUT2D eigenvalue weighted by atomic mass is 32.1. The van der Waals surface area contributed by atoms with Crippen molar-refractivity contribution in [2.45, 2.75) is 13.0 Å². The molecule has 0 aliphatic heterocycles. The molecule has 0 aliphatic rings. The highest BCUT2D eigenvalue weighted by Gasteiger charge is 2.17. The van der Waals surface area contributed by atoms with Crippen LogP contribution in [0.1, 0.15) is 17.5 Å². The second-order valence-corrected chi connectivity index (χ2v) is 8.16. The van der Waals surface area contributed by atoms with Gasteiger partial charge in [0.25, 0.3) is 11.5 Å². The Balaban J connectivity index is 1.30. The van der Waals surface area contributed by atoms with Gasteiger partial charge in [-0.05, 0) is 17.5 Å². The van der Waals surface area contributed by atoms with Crippen molar-refractivity contribution >= 4 is 33.7 Å². The van der Waals surface area contributed by atoms with Gasteiger partial charge in [0.15, 0.2) is 12.2 Å². The molecule has 0 saturated carbocycles. The second-order valence-electron chi connectivity index (χ2n) is 7.28. The number of hydrogen-bond acceptors (Lipinski definition) is 8. The molecule has 0 unspecified atom stereocenters. The maximum absolute atomic E-state index is 11.9. The number of aromatic amines is 1. The van der Waals surface area contributed by atoms with Crippen LogP contribution in [-0.2, 0) is 16.2 Å². The number of thiophene rings is 1. The van der Waals surface area contributed by atoms with Crippen LogP contribution in [-0.4, -0.2) is 44.9 Å². The summed E-state index contributed by atoms with van der Waals surface area (Å²) in [6, 6.07) is 8.99. The van der Waals surface area contributed by atoms with Crippen molar-refractivity contribution in [3.8, 4) is 22.9 Å². The maximum Gasteiger partial charge on any atom is 0.270 e. The number of benzene rings is 1. The molecule has 34 heavy (non-hydrogen) atoms. The van der Waals surface area contributed by atoms with Gasteiger partial charge < -0.3 is 24.8 Å². The molecule has 10 nitrogen and oxygen atoms in total. The van der Waals surface area contributed by atoms with Crippen LogP contribution in [0.2, 0.25) is 0 Å². The number of pyridine rings is 1. The molecule has 4 aromatic rings. The van der Waals surface area contributed by atoms with Crippen LogP contribution < -0.4 is 10.9 Å². The number of imidazole rings is 1. The summed E-state index contributed by atoms with van der Waals surface area (Å²) in [4.78, 5) is 35.8. The van der Waals surface area contributed by atoms with Crippen molar-refractivity contribution in [3.63, 3.8) is 0 Å². The van der Waals surface area contributed by atoms with Crippen LogP contribution in [0.15, 0.2) is 58.3 Å². The van der Waals surface area contributed by atoms with E-state index in [0.29, 0.717) is 22.3 Å². The molecule has 172 valence electrons. The van der Waals surface area contributed by atoms with Crippen molar-refractivity contribution in [3.05, 3.63) is 69.8 Å². The van der Waals surface area contributed by atoms with E-state index in [9.17, 15) is 14.7 Å². The lowest BCUT2D eigenvalue weighted by molar-refractivity contribution is -0.125. The van der Waals surface area contributed by atoms with Gasteiger partial charge in [-0.3, -0.25) is 9.59 Å². The molecule has 3 heterocycles. The van der Waals surface area contributed by atoms with Gasteiger partial charge in [-0.1, -0.05) is 29.4 Å². The molecule has 11 heteroatoms. The summed E-state index contributed by atoms with van der Waals surface area (Å²) >= 11 is 1.27. The van der Waals surface area contributed by atoms with Gasteiger partial charge in [0.2, 0.25) is 0 Å². The molecule has 3 N–H and O–H groups in total. The van der Waals surface area contributed by atoms with Gasteiger partial charge in [-0.25, -0.2) is 4.98 Å². The zero-order chi connectivity index (χ0) is 23.9. The van der Waals surface area contributed by atoms with E-state index in [1.54, 1.807) is 30.7 Å². The minimum absolute atomic E-state index is 0.181. The average Bonchev–Trinajstić information content (AvgIpc) is 3.50. The monoisotopic (exact) mass is 476 g/mol. The molecule has 4 rings (SSSR count). The standard InChI is InChI=1S/C23H20N6O4S/c24-10-17-21(31)20-18(13-34-23(20)28-22(17)32)16-4-2-15(3-5-16)11-27-33-12-19(30)26-6-1-8-29-9-7-25-14-29/h2-5,7,9,11,13-14H,1,6,8,12H2,(H,26,30)(H2,28,31,32)/b27-11+. The summed E-state index contributed by atoms with van der Waals surface area (Å²) in [5, 5.41) is 28.4. The van der Waals surface area contributed by atoms with E-state index in [4.69, 9.17) is 10.1 Å². The second kappa shape index (κ2) is 10.5. The number of carbonyl (C=O) groups excluding carboxylic acids is 1. The molecular weight excluding hydrogens is 456 g/mol. The van der Waals surface area contributed by atoms with E-state index in [2.05, 4.69) is 20.4 Å². The lowest BCUT2D eigenvalue weighted by Crippen LogP contribution is -2.28. The number of amides is 1. The number of H-pyrrole nitrogens is 1. The Morgan fingerprint density at radius 3 is 2.94 bits per heavy atom. The van der Waals surface area contributed by atoms with Gasteiger partial charge in [0.05, 0.1) is 17.9 Å². The molecule has 0 atom stereocenters. The number of oxime groups is 1. The smallest absolute Gasteiger partial charge is 0.270 e. The van der Waals surface area contributed by atoms with E-state index in [-0.39, 0.29) is 23.8 Å². The van der Waals surface area contributed by atoms with Crippen LogP contribution in [0, 0.1) is 11.3 Å².